The average molecular weight is 338 g/mol. The number of carbonyl (C=O) groups is 1. The number of methoxy groups -OCH3 is 1. The minimum Gasteiger partial charge on any atom is -0.496 e. The minimum atomic E-state index is -0.254. The summed E-state index contributed by atoms with van der Waals surface area (Å²) >= 11 is 3.17. The topological polar surface area (TPSA) is 51.5 Å². The molecule has 5 heteroatoms. The Morgan fingerprint density at radius 1 is 1.30 bits per heavy atom. The number of carbonyl (C=O) groups excluding carboxylic acids is 1. The van der Waals surface area contributed by atoms with E-state index in [4.69, 9.17) is 9.15 Å². The van der Waals surface area contributed by atoms with E-state index < -0.39 is 0 Å². The Morgan fingerprint density at radius 3 is 2.60 bits per heavy atom. The summed E-state index contributed by atoms with van der Waals surface area (Å²) in [5.74, 6) is 0.796. The van der Waals surface area contributed by atoms with Gasteiger partial charge in [-0.05, 0) is 59.1 Å². The predicted molar refractivity (Wildman–Crippen MR) is 80.0 cm³/mol. The van der Waals surface area contributed by atoms with Crippen LogP contribution in [0.1, 0.15) is 27.2 Å². The zero-order valence-electron chi connectivity index (χ0n) is 11.6. The highest BCUT2D eigenvalue weighted by Crippen LogP contribution is 2.23. The Labute approximate surface area is 126 Å². The standard InChI is InChI=1S/C15H16BrNO3/c1-9-6-11(13(19-3)7-10(9)2)8-17-15(18)12-4-5-14(16)20-12/h4-7H,8H2,1-3H3,(H,17,18). The van der Waals surface area contributed by atoms with Crippen molar-refractivity contribution in [1.29, 1.82) is 0 Å². The summed E-state index contributed by atoms with van der Waals surface area (Å²) in [5.41, 5.74) is 3.26. The number of hydrogen-bond donors (Lipinski definition) is 1. The smallest absolute Gasteiger partial charge is 0.287 e. The molecule has 0 saturated carbocycles. The molecule has 20 heavy (non-hydrogen) atoms. The Bertz CT molecular complexity index is 634. The SMILES string of the molecule is COc1cc(C)c(C)cc1CNC(=O)c1ccc(Br)o1. The number of furan rings is 1. The number of ether oxygens (including phenoxy) is 1. The largest absolute Gasteiger partial charge is 0.496 e. The first-order chi connectivity index (χ1) is 9.51. The minimum absolute atomic E-state index is 0.254. The molecule has 106 valence electrons. The van der Waals surface area contributed by atoms with Crippen molar-refractivity contribution < 1.29 is 13.9 Å². The van der Waals surface area contributed by atoms with Crippen LogP contribution in [-0.4, -0.2) is 13.0 Å². The molecule has 1 heterocycles. The summed E-state index contributed by atoms with van der Waals surface area (Å²) in [5, 5.41) is 2.82. The van der Waals surface area contributed by atoms with Crippen molar-refractivity contribution in [2.24, 2.45) is 0 Å². The van der Waals surface area contributed by atoms with Crippen molar-refractivity contribution in [3.63, 3.8) is 0 Å². The maximum atomic E-state index is 11.9. The quantitative estimate of drug-likeness (QED) is 0.927. The van der Waals surface area contributed by atoms with Gasteiger partial charge in [-0.25, -0.2) is 0 Å². The van der Waals surface area contributed by atoms with E-state index in [9.17, 15) is 4.79 Å². The zero-order valence-corrected chi connectivity index (χ0v) is 13.2. The van der Waals surface area contributed by atoms with Gasteiger partial charge < -0.3 is 14.5 Å². The maximum absolute atomic E-state index is 11.9. The molecule has 0 atom stereocenters. The lowest BCUT2D eigenvalue weighted by molar-refractivity contribution is 0.0921. The van der Waals surface area contributed by atoms with Crippen LogP contribution in [0.5, 0.6) is 5.75 Å². The number of aryl methyl sites for hydroxylation is 2. The molecule has 0 radical (unpaired) electrons. The second kappa shape index (κ2) is 6.13. The van der Waals surface area contributed by atoms with Crippen LogP contribution in [0.2, 0.25) is 0 Å². The van der Waals surface area contributed by atoms with E-state index >= 15 is 0 Å². The molecule has 1 aromatic carbocycles. The molecule has 0 spiro atoms. The first-order valence-corrected chi connectivity index (χ1v) is 6.98. The van der Waals surface area contributed by atoms with Crippen molar-refractivity contribution in [2.75, 3.05) is 7.11 Å². The molecule has 1 amide bonds. The first kappa shape index (κ1) is 14.7. The van der Waals surface area contributed by atoms with E-state index in [0.29, 0.717) is 11.2 Å². The van der Waals surface area contributed by atoms with Crippen molar-refractivity contribution in [2.45, 2.75) is 20.4 Å². The fourth-order valence-electron chi connectivity index (χ4n) is 1.88. The average Bonchev–Trinajstić information content (AvgIpc) is 2.86. The highest BCUT2D eigenvalue weighted by Gasteiger charge is 2.12. The van der Waals surface area contributed by atoms with Crippen LogP contribution in [0.25, 0.3) is 0 Å². The maximum Gasteiger partial charge on any atom is 0.287 e. The number of benzene rings is 1. The van der Waals surface area contributed by atoms with Gasteiger partial charge in [-0.2, -0.15) is 0 Å². The van der Waals surface area contributed by atoms with Gasteiger partial charge in [-0.1, -0.05) is 6.07 Å². The lowest BCUT2D eigenvalue weighted by atomic mass is 10.0. The van der Waals surface area contributed by atoms with Gasteiger partial charge in [-0.3, -0.25) is 4.79 Å². The highest BCUT2D eigenvalue weighted by atomic mass is 79.9. The van der Waals surface area contributed by atoms with E-state index in [1.165, 1.54) is 0 Å². The predicted octanol–water partition coefficient (Wildman–Crippen LogP) is 3.60. The summed E-state index contributed by atoms with van der Waals surface area (Å²) in [6.45, 7) is 4.45. The summed E-state index contributed by atoms with van der Waals surface area (Å²) in [6, 6.07) is 7.30. The van der Waals surface area contributed by atoms with Gasteiger partial charge in [0.25, 0.3) is 5.91 Å². The fourth-order valence-corrected chi connectivity index (χ4v) is 2.18. The highest BCUT2D eigenvalue weighted by molar-refractivity contribution is 9.10. The van der Waals surface area contributed by atoms with E-state index in [-0.39, 0.29) is 11.7 Å². The molecular weight excluding hydrogens is 322 g/mol. The third-order valence-electron chi connectivity index (χ3n) is 3.13. The number of rotatable bonds is 4. The molecule has 0 aliphatic rings. The lowest BCUT2D eigenvalue weighted by Crippen LogP contribution is -2.22. The number of amides is 1. The molecule has 1 N–H and O–H groups in total. The summed E-state index contributed by atoms with van der Waals surface area (Å²) in [7, 11) is 1.62. The second-order valence-electron chi connectivity index (χ2n) is 4.53. The molecule has 0 bridgehead atoms. The molecule has 0 aliphatic heterocycles. The first-order valence-electron chi connectivity index (χ1n) is 6.19. The van der Waals surface area contributed by atoms with Gasteiger partial charge in [0.2, 0.25) is 0 Å². The molecule has 1 aromatic heterocycles. The molecule has 0 fully saturated rings. The van der Waals surface area contributed by atoms with Crippen molar-refractivity contribution in [3.8, 4) is 5.75 Å². The Balaban J connectivity index is 2.11. The van der Waals surface area contributed by atoms with Crippen molar-refractivity contribution in [3.05, 3.63) is 51.4 Å². The van der Waals surface area contributed by atoms with E-state index in [1.54, 1.807) is 19.2 Å². The third kappa shape index (κ3) is 3.22. The summed E-state index contributed by atoms with van der Waals surface area (Å²) in [4.78, 5) is 11.9. The molecule has 0 saturated heterocycles. The molecular formula is C15H16BrNO3. The number of nitrogens with one attached hydrogen (secondary N) is 1. The van der Waals surface area contributed by atoms with Gasteiger partial charge >= 0.3 is 0 Å². The summed E-state index contributed by atoms with van der Waals surface area (Å²) in [6.07, 6.45) is 0. The molecule has 2 rings (SSSR count). The molecule has 2 aromatic rings. The third-order valence-corrected chi connectivity index (χ3v) is 3.56. The molecule has 4 nitrogen and oxygen atoms in total. The van der Waals surface area contributed by atoms with Crippen LogP contribution >= 0.6 is 15.9 Å². The normalized spacial score (nSPS) is 10.4. The van der Waals surface area contributed by atoms with E-state index in [2.05, 4.69) is 21.2 Å². The number of hydrogen-bond acceptors (Lipinski definition) is 3. The number of halogens is 1. The van der Waals surface area contributed by atoms with Crippen LogP contribution in [0.3, 0.4) is 0 Å². The van der Waals surface area contributed by atoms with E-state index in [1.807, 2.05) is 26.0 Å². The van der Waals surface area contributed by atoms with Crippen LogP contribution < -0.4 is 10.1 Å². The lowest BCUT2D eigenvalue weighted by Gasteiger charge is -2.12. The van der Waals surface area contributed by atoms with Crippen LogP contribution in [0.4, 0.5) is 0 Å². The van der Waals surface area contributed by atoms with E-state index in [0.717, 1.165) is 22.4 Å². The van der Waals surface area contributed by atoms with Crippen molar-refractivity contribution >= 4 is 21.8 Å². The Kier molecular flexibility index (Phi) is 4.49. The Morgan fingerprint density at radius 2 is 2.00 bits per heavy atom. The van der Waals surface area contributed by atoms with Crippen LogP contribution in [-0.2, 0) is 6.54 Å². The van der Waals surface area contributed by atoms with Crippen molar-refractivity contribution in [1.82, 2.24) is 5.32 Å². The second-order valence-corrected chi connectivity index (χ2v) is 5.32. The Hall–Kier alpha value is -1.75. The fraction of sp³-hybridized carbons (Fsp3) is 0.267. The monoisotopic (exact) mass is 337 g/mol. The van der Waals surface area contributed by atoms with Gasteiger partial charge in [0.1, 0.15) is 5.75 Å². The van der Waals surface area contributed by atoms with Gasteiger partial charge in [-0.15, -0.1) is 0 Å². The van der Waals surface area contributed by atoms with Gasteiger partial charge in [0.05, 0.1) is 7.11 Å². The van der Waals surface area contributed by atoms with Gasteiger partial charge in [0, 0.05) is 12.1 Å². The zero-order chi connectivity index (χ0) is 14.7. The summed E-state index contributed by atoms with van der Waals surface area (Å²) < 4.78 is 11.1. The van der Waals surface area contributed by atoms with Crippen LogP contribution in [0.15, 0.2) is 33.4 Å². The molecule has 0 aliphatic carbocycles. The van der Waals surface area contributed by atoms with Gasteiger partial charge in [0.15, 0.2) is 10.4 Å². The molecule has 0 unspecified atom stereocenters. The van der Waals surface area contributed by atoms with Crippen LogP contribution in [0, 0.1) is 13.8 Å².